The third-order valence-electron chi connectivity index (χ3n) is 1.54. The third-order valence-corrected chi connectivity index (χ3v) is 3.25. The third kappa shape index (κ3) is 4.33. The van der Waals surface area contributed by atoms with Crippen LogP contribution in [0.5, 0.6) is 0 Å². The highest BCUT2D eigenvalue weighted by Gasteiger charge is 2.06. The Kier molecular flexibility index (Phi) is 5.29. The number of halogens is 2. The van der Waals surface area contributed by atoms with E-state index in [2.05, 4.69) is 0 Å². The number of ether oxygens (including phenoxy) is 1. The van der Waals surface area contributed by atoms with Crippen molar-refractivity contribution in [2.75, 3.05) is 12.4 Å². The van der Waals surface area contributed by atoms with Gasteiger partial charge >= 0.3 is 5.97 Å². The fourth-order valence-electron chi connectivity index (χ4n) is 0.932. The van der Waals surface area contributed by atoms with Crippen LogP contribution >= 0.6 is 35.0 Å². The van der Waals surface area contributed by atoms with Crippen LogP contribution in [0.3, 0.4) is 0 Å². The molecule has 0 N–H and O–H groups in total. The molecule has 1 aromatic carbocycles. The van der Waals surface area contributed by atoms with Crippen LogP contribution < -0.4 is 0 Å². The number of hydrogen-bond donors (Lipinski definition) is 0. The molecule has 82 valence electrons. The predicted octanol–water partition coefficient (Wildman–Crippen LogP) is 3.65. The highest BCUT2D eigenvalue weighted by atomic mass is 35.5. The first kappa shape index (κ1) is 12.7. The molecule has 15 heavy (non-hydrogen) atoms. The van der Waals surface area contributed by atoms with Crippen molar-refractivity contribution in [1.29, 1.82) is 0 Å². The molecule has 0 radical (unpaired) electrons. The standard InChI is InChI=1S/C10H10Cl2O2S/c1-2-14-10(13)6-15-9-4-3-7(11)5-8(9)12/h3-5H,2,6H2,1H3. The van der Waals surface area contributed by atoms with Gasteiger partial charge in [-0.05, 0) is 25.1 Å². The summed E-state index contributed by atoms with van der Waals surface area (Å²) in [5, 5.41) is 1.14. The maximum absolute atomic E-state index is 11.1. The van der Waals surface area contributed by atoms with Gasteiger partial charge in [-0.15, -0.1) is 11.8 Å². The van der Waals surface area contributed by atoms with Crippen molar-refractivity contribution >= 4 is 40.9 Å². The molecule has 1 aromatic rings. The summed E-state index contributed by atoms with van der Waals surface area (Å²) in [6, 6.07) is 5.17. The average molecular weight is 265 g/mol. The lowest BCUT2D eigenvalue weighted by Crippen LogP contribution is -2.06. The zero-order chi connectivity index (χ0) is 11.3. The predicted molar refractivity (Wildman–Crippen MR) is 63.8 cm³/mol. The second kappa shape index (κ2) is 6.26. The minimum absolute atomic E-state index is 0.242. The average Bonchev–Trinajstić information content (AvgIpc) is 2.17. The van der Waals surface area contributed by atoms with Crippen molar-refractivity contribution in [3.63, 3.8) is 0 Å². The van der Waals surface area contributed by atoms with E-state index in [1.807, 2.05) is 0 Å². The molecule has 0 aliphatic heterocycles. The summed E-state index contributed by atoms with van der Waals surface area (Å²) in [5.41, 5.74) is 0. The lowest BCUT2D eigenvalue weighted by Gasteiger charge is -2.04. The van der Waals surface area contributed by atoms with Crippen molar-refractivity contribution in [3.05, 3.63) is 28.2 Å². The molecule has 5 heteroatoms. The number of carbonyl (C=O) groups excluding carboxylic acids is 1. The first-order valence-corrected chi connectivity index (χ1v) is 6.11. The molecule has 0 saturated carbocycles. The van der Waals surface area contributed by atoms with E-state index in [9.17, 15) is 4.79 Å². The summed E-state index contributed by atoms with van der Waals surface area (Å²) in [6.45, 7) is 2.17. The molecule has 0 unspecified atom stereocenters. The molecule has 0 saturated heterocycles. The van der Waals surface area contributed by atoms with Crippen molar-refractivity contribution in [3.8, 4) is 0 Å². The first-order valence-electron chi connectivity index (χ1n) is 4.37. The minimum atomic E-state index is -0.242. The van der Waals surface area contributed by atoms with Gasteiger partial charge in [-0.3, -0.25) is 4.79 Å². The van der Waals surface area contributed by atoms with Gasteiger partial charge in [0, 0.05) is 9.92 Å². The summed E-state index contributed by atoms with van der Waals surface area (Å²) in [6.07, 6.45) is 0. The van der Waals surface area contributed by atoms with Gasteiger partial charge in [0.1, 0.15) is 0 Å². The summed E-state index contributed by atoms with van der Waals surface area (Å²) < 4.78 is 4.80. The van der Waals surface area contributed by atoms with Gasteiger partial charge in [0.15, 0.2) is 0 Å². The van der Waals surface area contributed by atoms with E-state index in [-0.39, 0.29) is 11.7 Å². The smallest absolute Gasteiger partial charge is 0.316 e. The molecule has 0 heterocycles. The second-order valence-electron chi connectivity index (χ2n) is 2.67. The van der Waals surface area contributed by atoms with Crippen LogP contribution in [0, 0.1) is 0 Å². The van der Waals surface area contributed by atoms with Crippen LogP contribution in [0.2, 0.25) is 10.0 Å². The Morgan fingerprint density at radius 2 is 2.20 bits per heavy atom. The molecule has 2 nitrogen and oxygen atoms in total. The number of benzene rings is 1. The molecule has 1 rings (SSSR count). The molecule has 0 spiro atoms. The maximum atomic E-state index is 11.1. The zero-order valence-corrected chi connectivity index (χ0v) is 10.5. The van der Waals surface area contributed by atoms with Crippen LogP contribution in [0.4, 0.5) is 0 Å². The fraction of sp³-hybridized carbons (Fsp3) is 0.300. The highest BCUT2D eigenvalue weighted by molar-refractivity contribution is 8.00. The molecule has 0 aliphatic rings. The highest BCUT2D eigenvalue weighted by Crippen LogP contribution is 2.29. The van der Waals surface area contributed by atoms with Gasteiger partial charge in [-0.25, -0.2) is 0 Å². The van der Waals surface area contributed by atoms with E-state index in [4.69, 9.17) is 27.9 Å². The summed E-state index contributed by atoms with van der Waals surface area (Å²) >= 11 is 13.0. The Morgan fingerprint density at radius 1 is 1.47 bits per heavy atom. The zero-order valence-electron chi connectivity index (χ0n) is 8.13. The van der Waals surface area contributed by atoms with Crippen LogP contribution in [-0.2, 0) is 9.53 Å². The Balaban J connectivity index is 2.54. The van der Waals surface area contributed by atoms with Gasteiger partial charge in [-0.2, -0.15) is 0 Å². The Bertz CT molecular complexity index is 355. The SMILES string of the molecule is CCOC(=O)CSc1ccc(Cl)cc1Cl. The molecule has 0 bridgehead atoms. The quantitative estimate of drug-likeness (QED) is 0.614. The summed E-state index contributed by atoms with van der Waals surface area (Å²) in [5.74, 6) is 0.0170. The van der Waals surface area contributed by atoms with E-state index in [1.54, 1.807) is 25.1 Å². The Morgan fingerprint density at radius 3 is 2.80 bits per heavy atom. The molecule has 0 aliphatic carbocycles. The van der Waals surface area contributed by atoms with Crippen molar-refractivity contribution < 1.29 is 9.53 Å². The molecule has 0 aromatic heterocycles. The normalized spacial score (nSPS) is 10.1. The van der Waals surface area contributed by atoms with Crippen molar-refractivity contribution in [1.82, 2.24) is 0 Å². The van der Waals surface area contributed by atoms with Gasteiger partial charge in [0.25, 0.3) is 0 Å². The first-order chi connectivity index (χ1) is 7.13. The summed E-state index contributed by atoms with van der Waals surface area (Å²) in [7, 11) is 0. The lowest BCUT2D eigenvalue weighted by atomic mass is 10.4. The maximum Gasteiger partial charge on any atom is 0.316 e. The molecule has 0 atom stereocenters. The van der Waals surface area contributed by atoms with Gasteiger partial charge in [-0.1, -0.05) is 23.2 Å². The molecule has 0 fully saturated rings. The van der Waals surface area contributed by atoms with Crippen LogP contribution in [0.25, 0.3) is 0 Å². The molecular weight excluding hydrogens is 255 g/mol. The largest absolute Gasteiger partial charge is 0.465 e. The minimum Gasteiger partial charge on any atom is -0.465 e. The van der Waals surface area contributed by atoms with Gasteiger partial charge in [0.05, 0.1) is 17.4 Å². The second-order valence-corrected chi connectivity index (χ2v) is 4.53. The Labute approximate surface area is 103 Å². The fourth-order valence-corrected chi connectivity index (χ4v) is 2.22. The van der Waals surface area contributed by atoms with E-state index in [0.29, 0.717) is 16.7 Å². The van der Waals surface area contributed by atoms with Crippen molar-refractivity contribution in [2.24, 2.45) is 0 Å². The van der Waals surface area contributed by atoms with E-state index < -0.39 is 0 Å². The van der Waals surface area contributed by atoms with Gasteiger partial charge in [0.2, 0.25) is 0 Å². The van der Waals surface area contributed by atoms with E-state index in [0.717, 1.165) is 4.90 Å². The van der Waals surface area contributed by atoms with Gasteiger partial charge < -0.3 is 4.74 Å². The Hall–Kier alpha value is -0.380. The van der Waals surface area contributed by atoms with E-state index in [1.165, 1.54) is 11.8 Å². The van der Waals surface area contributed by atoms with Crippen LogP contribution in [0.15, 0.2) is 23.1 Å². The lowest BCUT2D eigenvalue weighted by molar-refractivity contribution is -0.139. The topological polar surface area (TPSA) is 26.3 Å². The molecular formula is C10H10Cl2O2S. The van der Waals surface area contributed by atoms with Crippen LogP contribution in [-0.4, -0.2) is 18.3 Å². The van der Waals surface area contributed by atoms with Crippen LogP contribution in [0.1, 0.15) is 6.92 Å². The number of hydrogen-bond acceptors (Lipinski definition) is 3. The number of thioether (sulfide) groups is 1. The van der Waals surface area contributed by atoms with Crippen molar-refractivity contribution in [2.45, 2.75) is 11.8 Å². The monoisotopic (exact) mass is 264 g/mol. The number of carbonyl (C=O) groups is 1. The summed E-state index contributed by atoms with van der Waals surface area (Å²) in [4.78, 5) is 11.9. The molecule has 0 amide bonds. The number of rotatable bonds is 4. The number of esters is 1. The van der Waals surface area contributed by atoms with E-state index >= 15 is 0 Å².